The predicted molar refractivity (Wildman–Crippen MR) is 230 cm³/mol. The van der Waals surface area contributed by atoms with Gasteiger partial charge in [-0.3, -0.25) is 0 Å². The van der Waals surface area contributed by atoms with Crippen molar-refractivity contribution in [3.8, 4) is 51.0 Å². The monoisotopic (exact) mass is 730 g/mol. The van der Waals surface area contributed by atoms with Crippen molar-refractivity contribution in [2.75, 3.05) is 0 Å². The molecule has 12 aromatic rings. The van der Waals surface area contributed by atoms with Gasteiger partial charge < -0.3 is 13.4 Å². The van der Waals surface area contributed by atoms with Crippen molar-refractivity contribution in [3.63, 3.8) is 0 Å². The number of hydrogen-bond donors (Lipinski definition) is 0. The number of furan rings is 2. The van der Waals surface area contributed by atoms with Crippen molar-refractivity contribution in [2.45, 2.75) is 0 Å². The third-order valence-electron chi connectivity index (χ3n) is 11.0. The summed E-state index contributed by atoms with van der Waals surface area (Å²) in [6.07, 6.45) is 0. The van der Waals surface area contributed by atoms with Gasteiger partial charge in [0.2, 0.25) is 0 Å². The zero-order valence-electron chi connectivity index (χ0n) is 30.4. The first-order valence-electron chi connectivity index (χ1n) is 19.0. The maximum Gasteiger partial charge on any atom is 0.164 e. The van der Waals surface area contributed by atoms with Gasteiger partial charge in [0.1, 0.15) is 22.3 Å². The molecule has 0 aliphatic carbocycles. The second kappa shape index (κ2) is 12.3. The third kappa shape index (κ3) is 4.87. The lowest BCUT2D eigenvalue weighted by atomic mass is 9.99. The first-order chi connectivity index (χ1) is 28.3. The van der Waals surface area contributed by atoms with Crippen LogP contribution in [0.15, 0.2) is 191 Å². The van der Waals surface area contributed by atoms with Crippen LogP contribution in [0.25, 0.3) is 117 Å². The summed E-state index contributed by atoms with van der Waals surface area (Å²) in [7, 11) is 0. The number of rotatable bonds is 5. The van der Waals surface area contributed by atoms with Crippen molar-refractivity contribution < 1.29 is 8.83 Å². The normalized spacial score (nSPS) is 11.9. The fourth-order valence-electron chi connectivity index (χ4n) is 8.51. The topological polar surface area (TPSA) is 69.9 Å². The smallest absolute Gasteiger partial charge is 0.164 e. The van der Waals surface area contributed by atoms with Crippen LogP contribution in [-0.4, -0.2) is 19.5 Å². The molecular weight excluding hydrogens is 701 g/mol. The summed E-state index contributed by atoms with van der Waals surface area (Å²) < 4.78 is 15.9. The summed E-state index contributed by atoms with van der Waals surface area (Å²) in [6, 6.07) is 62.5. The molecule has 0 atom stereocenters. The molecule has 4 heterocycles. The summed E-state index contributed by atoms with van der Waals surface area (Å²) in [5.74, 6) is 1.78. The fourth-order valence-corrected chi connectivity index (χ4v) is 8.51. The first kappa shape index (κ1) is 31.5. The Morgan fingerprint density at radius 1 is 0.351 bits per heavy atom. The SMILES string of the molecule is c1ccc(-c2cc(-n3c4ccccc4c4c5oc6ccccc6c5ccc43)c3c(c2)oc2cccc(-c4nc(-c5ccccc5)nc(-c5ccccc5)n4)c23)cc1. The summed E-state index contributed by atoms with van der Waals surface area (Å²) in [5, 5.41) is 6.28. The van der Waals surface area contributed by atoms with Crippen molar-refractivity contribution in [3.05, 3.63) is 182 Å². The van der Waals surface area contributed by atoms with E-state index >= 15 is 0 Å². The average molecular weight is 731 g/mol. The minimum atomic E-state index is 0.570. The van der Waals surface area contributed by atoms with Crippen LogP contribution in [0.2, 0.25) is 0 Å². The summed E-state index contributed by atoms with van der Waals surface area (Å²) in [4.78, 5) is 15.3. The van der Waals surface area contributed by atoms with Crippen LogP contribution in [0.1, 0.15) is 0 Å². The number of para-hydroxylation sites is 2. The van der Waals surface area contributed by atoms with Crippen LogP contribution in [0.3, 0.4) is 0 Å². The van der Waals surface area contributed by atoms with E-state index in [2.05, 4.69) is 95.6 Å². The van der Waals surface area contributed by atoms with Crippen LogP contribution in [0, 0.1) is 0 Å². The Kier molecular flexibility index (Phi) is 6.83. The Morgan fingerprint density at radius 2 is 0.965 bits per heavy atom. The van der Waals surface area contributed by atoms with Crippen LogP contribution in [0.4, 0.5) is 0 Å². The molecule has 0 bridgehead atoms. The largest absolute Gasteiger partial charge is 0.456 e. The molecule has 6 heteroatoms. The van der Waals surface area contributed by atoms with E-state index < -0.39 is 0 Å². The number of nitrogens with zero attached hydrogens (tertiary/aromatic N) is 4. The van der Waals surface area contributed by atoms with Crippen LogP contribution < -0.4 is 0 Å². The van der Waals surface area contributed by atoms with Gasteiger partial charge in [0.05, 0.1) is 27.5 Å². The average Bonchev–Trinajstić information content (AvgIpc) is 3.96. The molecule has 0 amide bonds. The molecular formula is C51H30N4O2. The van der Waals surface area contributed by atoms with E-state index in [0.29, 0.717) is 17.5 Å². The van der Waals surface area contributed by atoms with Gasteiger partial charge in [0.25, 0.3) is 0 Å². The van der Waals surface area contributed by atoms with Gasteiger partial charge in [-0.05, 0) is 53.6 Å². The summed E-state index contributed by atoms with van der Waals surface area (Å²) >= 11 is 0. The molecule has 57 heavy (non-hydrogen) atoms. The molecule has 8 aromatic carbocycles. The zero-order chi connectivity index (χ0) is 37.5. The van der Waals surface area contributed by atoms with E-state index in [1.165, 1.54) is 0 Å². The van der Waals surface area contributed by atoms with E-state index in [0.717, 1.165) is 99.2 Å². The highest BCUT2D eigenvalue weighted by molar-refractivity contribution is 6.25. The molecule has 266 valence electrons. The first-order valence-corrected chi connectivity index (χ1v) is 19.0. The number of benzene rings is 8. The lowest BCUT2D eigenvalue weighted by Crippen LogP contribution is -2.00. The summed E-state index contributed by atoms with van der Waals surface area (Å²) in [5.41, 5.74) is 11.2. The van der Waals surface area contributed by atoms with E-state index in [4.69, 9.17) is 23.8 Å². The molecule has 0 saturated carbocycles. The third-order valence-corrected chi connectivity index (χ3v) is 11.0. The predicted octanol–water partition coefficient (Wildman–Crippen LogP) is 13.4. The standard InChI is InChI=1S/C51H30N4O2/c1-4-15-31(16-5-1)34-29-41(55-39-24-12-10-22-37(39)45-40(55)28-27-36-35-21-11-13-25-42(35)57-48(36)45)47-44(30-34)56-43-26-14-23-38(46(43)47)51-53-49(32-17-6-2-7-18-32)52-50(54-51)33-19-8-3-9-20-33/h1-30H. The number of aromatic nitrogens is 4. The number of fused-ring (bicyclic) bond motifs is 10. The highest BCUT2D eigenvalue weighted by Gasteiger charge is 2.25. The van der Waals surface area contributed by atoms with E-state index in [9.17, 15) is 0 Å². The van der Waals surface area contributed by atoms with Crippen molar-refractivity contribution in [2.24, 2.45) is 0 Å². The Balaban J connectivity index is 1.21. The van der Waals surface area contributed by atoms with Crippen molar-refractivity contribution >= 4 is 65.7 Å². The van der Waals surface area contributed by atoms with Gasteiger partial charge in [-0.1, -0.05) is 140 Å². The zero-order valence-corrected chi connectivity index (χ0v) is 30.4. The Hall–Kier alpha value is -7.83. The molecule has 6 nitrogen and oxygen atoms in total. The molecule has 0 fully saturated rings. The molecule has 4 aromatic heterocycles. The maximum absolute atomic E-state index is 6.88. The lowest BCUT2D eigenvalue weighted by molar-refractivity contribution is 0.669. The second-order valence-corrected chi connectivity index (χ2v) is 14.3. The maximum atomic E-state index is 6.88. The van der Waals surface area contributed by atoms with Gasteiger partial charge in [0, 0.05) is 38.2 Å². The fraction of sp³-hybridized carbons (Fsp3) is 0. The molecule has 0 radical (unpaired) electrons. The molecule has 0 aliphatic heterocycles. The molecule has 0 spiro atoms. The minimum absolute atomic E-state index is 0.570. The number of hydrogen-bond acceptors (Lipinski definition) is 5. The lowest BCUT2D eigenvalue weighted by Gasteiger charge is -2.13. The minimum Gasteiger partial charge on any atom is -0.456 e. The van der Waals surface area contributed by atoms with Gasteiger partial charge in [0.15, 0.2) is 17.5 Å². The van der Waals surface area contributed by atoms with E-state index in [1.807, 2.05) is 91.0 Å². The Labute approximate surface area is 325 Å². The quantitative estimate of drug-likeness (QED) is 0.176. The van der Waals surface area contributed by atoms with Crippen LogP contribution in [0.5, 0.6) is 0 Å². The highest BCUT2D eigenvalue weighted by Crippen LogP contribution is 2.46. The van der Waals surface area contributed by atoms with E-state index in [1.54, 1.807) is 0 Å². The molecule has 0 N–H and O–H groups in total. The van der Waals surface area contributed by atoms with Crippen molar-refractivity contribution in [1.29, 1.82) is 0 Å². The van der Waals surface area contributed by atoms with Gasteiger partial charge >= 0.3 is 0 Å². The van der Waals surface area contributed by atoms with Crippen molar-refractivity contribution in [1.82, 2.24) is 19.5 Å². The van der Waals surface area contributed by atoms with Gasteiger partial charge in [-0.2, -0.15) is 0 Å². The summed E-state index contributed by atoms with van der Waals surface area (Å²) in [6.45, 7) is 0. The molecule has 0 aliphatic rings. The molecule has 12 rings (SSSR count). The van der Waals surface area contributed by atoms with Crippen LogP contribution >= 0.6 is 0 Å². The molecule has 0 saturated heterocycles. The second-order valence-electron chi connectivity index (χ2n) is 14.3. The molecule has 0 unspecified atom stereocenters. The Morgan fingerprint density at radius 3 is 1.70 bits per heavy atom. The highest BCUT2D eigenvalue weighted by atomic mass is 16.3. The van der Waals surface area contributed by atoms with Gasteiger partial charge in [-0.25, -0.2) is 15.0 Å². The Bertz CT molecular complexity index is 3450. The van der Waals surface area contributed by atoms with E-state index in [-0.39, 0.29) is 0 Å². The van der Waals surface area contributed by atoms with Gasteiger partial charge in [-0.15, -0.1) is 0 Å². The van der Waals surface area contributed by atoms with Crippen LogP contribution in [-0.2, 0) is 0 Å².